The number of Topliss-reactive ketones (excluding diaryl/α,β-unsaturated/α-hetero) is 2. The quantitative estimate of drug-likeness (QED) is 0.646. The zero-order valence-electron chi connectivity index (χ0n) is 11.2. The van der Waals surface area contributed by atoms with Gasteiger partial charge in [0.25, 0.3) is 0 Å². The van der Waals surface area contributed by atoms with E-state index in [2.05, 4.69) is 27.7 Å². The monoisotopic (exact) mass is 234 g/mol. The van der Waals surface area contributed by atoms with E-state index in [1.165, 1.54) is 0 Å². The smallest absolute Gasteiger partial charge is 0.138 e. The number of hydrogen-bond donors (Lipinski definition) is 0. The van der Waals surface area contributed by atoms with E-state index < -0.39 is 0 Å². The Morgan fingerprint density at radius 3 is 2.35 bits per heavy atom. The first-order chi connectivity index (χ1) is 7.80. The van der Waals surface area contributed by atoms with Gasteiger partial charge in [-0.3, -0.25) is 9.59 Å². The van der Waals surface area contributed by atoms with E-state index in [9.17, 15) is 9.59 Å². The standard InChI is InChI=1S/C15H22O2/c1-8-10(16)7-9-13-12(8)15(9,4)6-5-11(17)14(13,2)3/h8-9,12-13H,5-7H2,1-4H3/t8-,9+,12-,13+,15-/m0/s1. The molecule has 0 aromatic rings. The van der Waals surface area contributed by atoms with Crippen LogP contribution in [0.15, 0.2) is 0 Å². The number of hydrogen-bond acceptors (Lipinski definition) is 2. The fraction of sp³-hybridized carbons (Fsp3) is 0.867. The Bertz CT molecular complexity index is 409. The molecular formula is C15H22O2. The lowest BCUT2D eigenvalue weighted by Gasteiger charge is -2.67. The van der Waals surface area contributed by atoms with Gasteiger partial charge in [-0.1, -0.05) is 27.7 Å². The normalized spacial score (nSPS) is 51.8. The molecular weight excluding hydrogens is 212 g/mol. The van der Waals surface area contributed by atoms with Crippen molar-refractivity contribution in [3.8, 4) is 0 Å². The van der Waals surface area contributed by atoms with Gasteiger partial charge < -0.3 is 0 Å². The van der Waals surface area contributed by atoms with Gasteiger partial charge in [0, 0.05) is 24.2 Å². The van der Waals surface area contributed by atoms with E-state index in [0.717, 1.165) is 12.8 Å². The van der Waals surface area contributed by atoms with Gasteiger partial charge in [0.2, 0.25) is 0 Å². The van der Waals surface area contributed by atoms with Crippen molar-refractivity contribution in [2.75, 3.05) is 0 Å². The lowest BCUT2D eigenvalue weighted by atomic mass is 9.36. The Kier molecular flexibility index (Phi) is 2.03. The molecule has 0 N–H and O–H groups in total. The van der Waals surface area contributed by atoms with Crippen molar-refractivity contribution in [1.29, 1.82) is 0 Å². The topological polar surface area (TPSA) is 34.1 Å². The number of carbonyl (C=O) groups excluding carboxylic acids is 2. The van der Waals surface area contributed by atoms with Gasteiger partial charge in [-0.05, 0) is 29.6 Å². The highest BCUT2D eigenvalue weighted by Gasteiger charge is 2.70. The molecule has 4 bridgehead atoms. The van der Waals surface area contributed by atoms with E-state index in [4.69, 9.17) is 0 Å². The molecule has 0 radical (unpaired) electrons. The minimum absolute atomic E-state index is 0.167. The number of ketones is 2. The second kappa shape index (κ2) is 3.02. The number of carbonyl (C=O) groups is 2. The van der Waals surface area contributed by atoms with Crippen molar-refractivity contribution in [3.05, 3.63) is 0 Å². The van der Waals surface area contributed by atoms with Crippen LogP contribution in [0, 0.1) is 34.5 Å². The molecule has 4 rings (SSSR count). The summed E-state index contributed by atoms with van der Waals surface area (Å²) in [6.07, 6.45) is 2.43. The fourth-order valence-corrected chi connectivity index (χ4v) is 5.24. The molecule has 94 valence electrons. The molecule has 0 aromatic heterocycles. The van der Waals surface area contributed by atoms with Crippen molar-refractivity contribution in [1.82, 2.24) is 0 Å². The summed E-state index contributed by atoms with van der Waals surface area (Å²) in [5.74, 6) is 2.39. The molecule has 0 heterocycles. The molecule has 2 heteroatoms. The molecule has 0 aliphatic heterocycles. The van der Waals surface area contributed by atoms with Crippen molar-refractivity contribution < 1.29 is 9.59 Å². The third kappa shape index (κ3) is 1.12. The maximum absolute atomic E-state index is 12.2. The zero-order chi connectivity index (χ0) is 12.6. The molecule has 0 saturated heterocycles. The van der Waals surface area contributed by atoms with Crippen LogP contribution in [0.1, 0.15) is 47.0 Å². The predicted molar refractivity (Wildman–Crippen MR) is 65.4 cm³/mol. The average molecular weight is 234 g/mol. The van der Waals surface area contributed by atoms with Crippen LogP contribution in [-0.2, 0) is 9.59 Å². The number of rotatable bonds is 0. The van der Waals surface area contributed by atoms with Crippen molar-refractivity contribution in [2.45, 2.75) is 47.0 Å². The highest BCUT2D eigenvalue weighted by atomic mass is 16.1. The predicted octanol–water partition coefficient (Wildman–Crippen LogP) is 2.85. The third-order valence-corrected chi connectivity index (χ3v) is 6.34. The summed E-state index contributed by atoms with van der Waals surface area (Å²) in [6.45, 7) is 8.61. The zero-order valence-corrected chi connectivity index (χ0v) is 11.2. The van der Waals surface area contributed by atoms with Crippen LogP contribution in [-0.4, -0.2) is 11.6 Å². The summed E-state index contributed by atoms with van der Waals surface area (Å²) in [4.78, 5) is 24.2. The van der Waals surface area contributed by atoms with E-state index in [1.54, 1.807) is 0 Å². The third-order valence-electron chi connectivity index (χ3n) is 6.34. The molecule has 4 fully saturated rings. The Hall–Kier alpha value is -0.660. The molecule has 2 nitrogen and oxygen atoms in total. The molecule has 0 aromatic carbocycles. The van der Waals surface area contributed by atoms with E-state index in [-0.39, 0.29) is 16.7 Å². The minimum Gasteiger partial charge on any atom is -0.299 e. The lowest BCUT2D eigenvalue weighted by Crippen LogP contribution is -2.66. The van der Waals surface area contributed by atoms with Gasteiger partial charge in [-0.25, -0.2) is 0 Å². The molecule has 4 aliphatic rings. The van der Waals surface area contributed by atoms with Gasteiger partial charge in [0.05, 0.1) is 0 Å². The summed E-state index contributed by atoms with van der Waals surface area (Å²) in [5, 5.41) is 0. The summed E-state index contributed by atoms with van der Waals surface area (Å²) in [6, 6.07) is 0. The molecule has 0 unspecified atom stereocenters. The largest absolute Gasteiger partial charge is 0.299 e. The first-order valence-corrected chi connectivity index (χ1v) is 6.86. The Balaban J connectivity index is 2.07. The van der Waals surface area contributed by atoms with Gasteiger partial charge >= 0.3 is 0 Å². The van der Waals surface area contributed by atoms with E-state index in [1.807, 2.05) is 0 Å². The SMILES string of the molecule is C[C@H]1C(=O)C[C@@H]2[C@@H]3[C@H]1[C@@]2(C)CCC(=O)C3(C)C. The van der Waals surface area contributed by atoms with Gasteiger partial charge in [-0.2, -0.15) is 0 Å². The van der Waals surface area contributed by atoms with Gasteiger partial charge in [-0.15, -0.1) is 0 Å². The molecule has 17 heavy (non-hydrogen) atoms. The molecule has 4 aliphatic carbocycles. The minimum atomic E-state index is -0.208. The molecule has 0 amide bonds. The van der Waals surface area contributed by atoms with Crippen molar-refractivity contribution >= 4 is 11.6 Å². The maximum atomic E-state index is 12.2. The molecule has 0 spiro atoms. The second-order valence-corrected chi connectivity index (χ2v) is 7.27. The van der Waals surface area contributed by atoms with Crippen LogP contribution in [0.5, 0.6) is 0 Å². The maximum Gasteiger partial charge on any atom is 0.138 e. The average Bonchev–Trinajstić information content (AvgIpc) is 2.37. The summed E-state index contributed by atoms with van der Waals surface area (Å²) in [5.41, 5.74) is 0.0573. The van der Waals surface area contributed by atoms with Gasteiger partial charge in [0.15, 0.2) is 0 Å². The summed E-state index contributed by atoms with van der Waals surface area (Å²) in [7, 11) is 0. The Morgan fingerprint density at radius 1 is 1.12 bits per heavy atom. The summed E-state index contributed by atoms with van der Waals surface area (Å²) >= 11 is 0. The summed E-state index contributed by atoms with van der Waals surface area (Å²) < 4.78 is 0. The van der Waals surface area contributed by atoms with E-state index in [0.29, 0.717) is 35.7 Å². The lowest BCUT2D eigenvalue weighted by molar-refractivity contribution is -0.204. The van der Waals surface area contributed by atoms with Crippen LogP contribution in [0.25, 0.3) is 0 Å². The first-order valence-electron chi connectivity index (χ1n) is 6.86. The van der Waals surface area contributed by atoms with Crippen LogP contribution < -0.4 is 0 Å². The van der Waals surface area contributed by atoms with Crippen molar-refractivity contribution in [3.63, 3.8) is 0 Å². The van der Waals surface area contributed by atoms with Crippen LogP contribution in [0.2, 0.25) is 0 Å². The van der Waals surface area contributed by atoms with Crippen LogP contribution in [0.3, 0.4) is 0 Å². The Labute approximate surface area is 103 Å². The van der Waals surface area contributed by atoms with Crippen LogP contribution >= 0.6 is 0 Å². The van der Waals surface area contributed by atoms with Crippen molar-refractivity contribution in [2.24, 2.45) is 34.5 Å². The second-order valence-electron chi connectivity index (χ2n) is 7.27. The van der Waals surface area contributed by atoms with Gasteiger partial charge in [0.1, 0.15) is 11.6 Å². The highest BCUT2D eigenvalue weighted by Crippen LogP contribution is 2.72. The van der Waals surface area contributed by atoms with E-state index >= 15 is 0 Å². The molecule has 4 saturated carbocycles. The first kappa shape index (κ1) is 11.4. The number of fused-ring (bicyclic) bond motifs is 2. The fourth-order valence-electron chi connectivity index (χ4n) is 5.24. The Morgan fingerprint density at radius 2 is 1.76 bits per heavy atom. The molecule has 5 atom stereocenters. The van der Waals surface area contributed by atoms with Crippen LogP contribution in [0.4, 0.5) is 0 Å². The highest BCUT2D eigenvalue weighted by molar-refractivity contribution is 5.88.